The van der Waals surface area contributed by atoms with Crippen LogP contribution in [0.1, 0.15) is 27.2 Å². The number of benzene rings is 1. The molecule has 7 heteroatoms. The molecule has 0 amide bonds. The van der Waals surface area contributed by atoms with Crippen LogP contribution in [0, 0.1) is 5.41 Å². The zero-order chi connectivity index (χ0) is 19.1. The van der Waals surface area contributed by atoms with Crippen molar-refractivity contribution in [2.75, 3.05) is 37.7 Å². The predicted molar refractivity (Wildman–Crippen MR) is 114 cm³/mol. The summed E-state index contributed by atoms with van der Waals surface area (Å²) in [6.45, 7) is 10.6. The molecule has 3 aliphatic rings. The molecule has 0 saturated carbocycles. The molecule has 1 N–H and O–H groups in total. The van der Waals surface area contributed by atoms with Crippen molar-refractivity contribution in [3.63, 3.8) is 0 Å². The van der Waals surface area contributed by atoms with Gasteiger partial charge in [0.15, 0.2) is 0 Å². The highest BCUT2D eigenvalue weighted by atomic mass is 32.4. The van der Waals surface area contributed by atoms with Gasteiger partial charge in [-0.05, 0) is 42.7 Å². The van der Waals surface area contributed by atoms with Crippen molar-refractivity contribution in [1.82, 2.24) is 10.3 Å². The Balaban J connectivity index is 1.86. The summed E-state index contributed by atoms with van der Waals surface area (Å²) in [5.41, 5.74) is 7.18. The van der Waals surface area contributed by atoms with Crippen molar-refractivity contribution in [3.8, 4) is 0 Å². The molecule has 1 aromatic rings. The topological polar surface area (TPSA) is 37.0 Å². The monoisotopic (exact) mass is 405 g/mol. The number of nitrogens with one attached hydrogen (secondary N) is 1. The highest BCUT2D eigenvalue weighted by Gasteiger charge is 2.47. The standard InChI is InChI=1S/C20H28N3O2PS/c1-4-25-26(27)19-17(21-23(26)16-8-6-5-7-9-16)14-20(2,3)15-18(19)22-10-12-24-13-11-22/h5-9,14,21H,4,10-13,15H2,1-3H3/t26-/m1/s1. The van der Waals surface area contributed by atoms with E-state index in [2.05, 4.69) is 47.2 Å². The fourth-order valence-corrected chi connectivity index (χ4v) is 7.81. The summed E-state index contributed by atoms with van der Waals surface area (Å²) in [6, 6.07) is 10.3. The first-order chi connectivity index (χ1) is 12.9. The van der Waals surface area contributed by atoms with E-state index in [0.717, 1.165) is 44.1 Å². The van der Waals surface area contributed by atoms with E-state index < -0.39 is 6.42 Å². The van der Waals surface area contributed by atoms with E-state index >= 15 is 0 Å². The lowest BCUT2D eigenvalue weighted by Gasteiger charge is -2.39. The van der Waals surface area contributed by atoms with E-state index in [-0.39, 0.29) is 5.41 Å². The summed E-state index contributed by atoms with van der Waals surface area (Å²) < 4.78 is 14.0. The summed E-state index contributed by atoms with van der Waals surface area (Å²) in [5.74, 6) is 0. The molecule has 1 atom stereocenters. The van der Waals surface area contributed by atoms with Crippen LogP contribution in [0.2, 0.25) is 0 Å². The Morgan fingerprint density at radius 3 is 2.59 bits per heavy atom. The minimum Gasteiger partial charge on any atom is -0.378 e. The molecule has 2 aliphatic heterocycles. The summed E-state index contributed by atoms with van der Waals surface area (Å²) in [6.07, 6.45) is 0.874. The lowest BCUT2D eigenvalue weighted by molar-refractivity contribution is 0.0497. The van der Waals surface area contributed by atoms with Crippen LogP contribution in [0.25, 0.3) is 0 Å². The average molecular weight is 406 g/mol. The number of hydrazine groups is 1. The van der Waals surface area contributed by atoms with E-state index in [1.54, 1.807) is 0 Å². The zero-order valence-electron chi connectivity index (χ0n) is 16.3. The number of morpholine rings is 1. The maximum absolute atomic E-state index is 6.35. The Morgan fingerprint density at radius 1 is 1.22 bits per heavy atom. The Labute approximate surface area is 167 Å². The Bertz CT molecular complexity index is 816. The van der Waals surface area contributed by atoms with Gasteiger partial charge in [0.2, 0.25) is 6.42 Å². The molecule has 0 radical (unpaired) electrons. The van der Waals surface area contributed by atoms with Crippen molar-refractivity contribution in [3.05, 3.63) is 53.1 Å². The van der Waals surface area contributed by atoms with Crippen LogP contribution in [0.3, 0.4) is 0 Å². The number of nitrogens with zero attached hydrogens (tertiary/aromatic N) is 2. The van der Waals surface area contributed by atoms with Gasteiger partial charge in [-0.3, -0.25) is 5.43 Å². The zero-order valence-corrected chi connectivity index (χ0v) is 18.0. The normalized spacial score (nSPS) is 27.3. The summed E-state index contributed by atoms with van der Waals surface area (Å²) in [4.78, 5) is 2.46. The molecule has 0 spiro atoms. The van der Waals surface area contributed by atoms with E-state index in [9.17, 15) is 0 Å². The Morgan fingerprint density at radius 2 is 1.93 bits per heavy atom. The van der Waals surface area contributed by atoms with Crippen LogP contribution in [0.4, 0.5) is 5.69 Å². The highest BCUT2D eigenvalue weighted by molar-refractivity contribution is 8.15. The van der Waals surface area contributed by atoms with Gasteiger partial charge in [0.25, 0.3) is 0 Å². The van der Waals surface area contributed by atoms with Crippen LogP contribution in [-0.4, -0.2) is 37.8 Å². The first kappa shape index (κ1) is 19.0. The third-order valence-electron chi connectivity index (χ3n) is 5.16. The third-order valence-corrected chi connectivity index (χ3v) is 9.04. The fourth-order valence-electron chi connectivity index (χ4n) is 4.04. The summed E-state index contributed by atoms with van der Waals surface area (Å²) >= 11 is 6.28. The molecule has 5 nitrogen and oxygen atoms in total. The van der Waals surface area contributed by atoms with Crippen molar-refractivity contribution in [2.24, 2.45) is 5.41 Å². The lowest BCUT2D eigenvalue weighted by atomic mass is 9.82. The number of para-hydroxylation sites is 1. The van der Waals surface area contributed by atoms with Gasteiger partial charge in [0.05, 0.1) is 36.5 Å². The van der Waals surface area contributed by atoms with Gasteiger partial charge >= 0.3 is 0 Å². The number of hydrogen-bond donors (Lipinski definition) is 1. The van der Waals surface area contributed by atoms with E-state index in [4.69, 9.17) is 21.1 Å². The molecule has 27 heavy (non-hydrogen) atoms. The van der Waals surface area contributed by atoms with Gasteiger partial charge in [0.1, 0.15) is 0 Å². The fraction of sp³-hybridized carbons (Fsp3) is 0.500. The maximum Gasteiger partial charge on any atom is 0.208 e. The van der Waals surface area contributed by atoms with Crippen molar-refractivity contribution < 1.29 is 9.26 Å². The molecule has 2 saturated heterocycles. The minimum atomic E-state index is -2.43. The number of fused-ring (bicyclic) bond motifs is 1. The van der Waals surface area contributed by atoms with Gasteiger partial charge in [-0.25, -0.2) is 4.78 Å². The van der Waals surface area contributed by atoms with Gasteiger partial charge < -0.3 is 14.2 Å². The van der Waals surface area contributed by atoms with E-state index in [0.29, 0.717) is 6.61 Å². The Kier molecular flexibility index (Phi) is 5.10. The molecular formula is C20H28N3O2PS. The van der Waals surface area contributed by atoms with Crippen molar-refractivity contribution >= 4 is 23.9 Å². The van der Waals surface area contributed by atoms with Crippen molar-refractivity contribution in [2.45, 2.75) is 27.2 Å². The quantitative estimate of drug-likeness (QED) is 0.757. The lowest BCUT2D eigenvalue weighted by Crippen LogP contribution is -2.38. The molecule has 2 heterocycles. The smallest absolute Gasteiger partial charge is 0.208 e. The SMILES string of the molecule is CCO[P@@]1(=S)C2=C(N3CCOCC3)CC(C)(C)C=C2NN1c1ccccc1. The summed E-state index contributed by atoms with van der Waals surface area (Å²) in [7, 11) is 0. The molecule has 0 aromatic heterocycles. The second-order valence-electron chi connectivity index (χ2n) is 7.82. The van der Waals surface area contributed by atoms with Gasteiger partial charge in [0, 0.05) is 18.8 Å². The Hall–Kier alpha value is -1.33. The summed E-state index contributed by atoms with van der Waals surface area (Å²) in [5, 5.41) is 1.20. The number of allylic oxidation sites excluding steroid dienone is 3. The molecule has 2 fully saturated rings. The molecule has 0 unspecified atom stereocenters. The van der Waals surface area contributed by atoms with Crippen molar-refractivity contribution in [1.29, 1.82) is 0 Å². The first-order valence-electron chi connectivity index (χ1n) is 9.61. The van der Waals surface area contributed by atoms with Gasteiger partial charge in [-0.2, -0.15) is 0 Å². The minimum absolute atomic E-state index is 0.0680. The molecule has 146 valence electrons. The van der Waals surface area contributed by atoms with Crippen LogP contribution in [0.15, 0.2) is 53.1 Å². The molecule has 1 aliphatic carbocycles. The maximum atomic E-state index is 6.35. The first-order valence-corrected chi connectivity index (χ1v) is 12.3. The largest absolute Gasteiger partial charge is 0.378 e. The number of anilines is 1. The molecule has 0 bridgehead atoms. The van der Waals surface area contributed by atoms with Gasteiger partial charge in [-0.1, -0.05) is 38.1 Å². The average Bonchev–Trinajstić information content (AvgIpc) is 2.94. The number of ether oxygens (including phenoxy) is 1. The second kappa shape index (κ2) is 7.25. The van der Waals surface area contributed by atoms with Crippen LogP contribution >= 0.6 is 6.42 Å². The van der Waals surface area contributed by atoms with E-state index in [1.807, 2.05) is 25.1 Å². The molecule has 4 rings (SSSR count). The third kappa shape index (κ3) is 3.44. The highest BCUT2D eigenvalue weighted by Crippen LogP contribution is 2.68. The predicted octanol–water partition coefficient (Wildman–Crippen LogP) is 4.21. The molecular weight excluding hydrogens is 377 g/mol. The van der Waals surface area contributed by atoms with Gasteiger partial charge in [-0.15, -0.1) is 0 Å². The number of rotatable bonds is 4. The second-order valence-corrected chi connectivity index (χ2v) is 11.4. The van der Waals surface area contributed by atoms with Crippen LogP contribution < -0.4 is 10.2 Å². The van der Waals surface area contributed by atoms with Crippen LogP contribution in [0.5, 0.6) is 0 Å². The number of hydrogen-bond acceptors (Lipinski definition) is 5. The molecule has 1 aromatic carbocycles. The van der Waals surface area contributed by atoms with E-state index in [1.165, 1.54) is 11.0 Å². The van der Waals surface area contributed by atoms with Crippen LogP contribution in [-0.2, 0) is 21.1 Å².